The van der Waals surface area contributed by atoms with Crippen molar-refractivity contribution in [2.24, 2.45) is 0 Å². The number of anilines is 1. The molecule has 0 saturated carbocycles. The smallest absolute Gasteiger partial charge is 0.200 e. The molecule has 5 heteroatoms. The van der Waals surface area contributed by atoms with Gasteiger partial charge in [-0.3, -0.25) is 4.98 Å². The van der Waals surface area contributed by atoms with E-state index < -0.39 is 0 Å². The molecule has 0 unspecified atom stereocenters. The van der Waals surface area contributed by atoms with E-state index in [4.69, 9.17) is 5.73 Å². The maximum atomic E-state index is 5.46. The summed E-state index contributed by atoms with van der Waals surface area (Å²) < 4.78 is 4.06. The second-order valence-corrected chi connectivity index (χ2v) is 3.46. The molecule has 0 aliphatic rings. The molecule has 2 heterocycles. The number of rotatable bonds is 1. The average Bonchev–Trinajstić information content (AvgIpc) is 2.69. The fourth-order valence-electron chi connectivity index (χ4n) is 0.939. The van der Waals surface area contributed by atoms with E-state index in [1.54, 1.807) is 6.20 Å². The third-order valence-corrected chi connectivity index (χ3v) is 2.12. The number of hydrogen-bond donors (Lipinski definition) is 1. The molecule has 0 spiro atoms. The molecule has 0 aliphatic heterocycles. The van der Waals surface area contributed by atoms with Gasteiger partial charge in [-0.15, -0.1) is 0 Å². The van der Waals surface area contributed by atoms with Gasteiger partial charge in [-0.05, 0) is 18.6 Å². The van der Waals surface area contributed by atoms with Crippen molar-refractivity contribution in [3.05, 3.63) is 23.9 Å². The van der Waals surface area contributed by atoms with Crippen LogP contribution in [-0.4, -0.2) is 14.3 Å². The van der Waals surface area contributed by atoms with E-state index in [-0.39, 0.29) is 0 Å². The van der Waals surface area contributed by atoms with Crippen molar-refractivity contribution in [2.75, 3.05) is 5.73 Å². The van der Waals surface area contributed by atoms with E-state index >= 15 is 0 Å². The number of aromatic nitrogens is 3. The maximum Gasteiger partial charge on any atom is 0.200 e. The van der Waals surface area contributed by atoms with Crippen molar-refractivity contribution in [3.8, 4) is 11.5 Å². The summed E-state index contributed by atoms with van der Waals surface area (Å²) >= 11 is 1.18. The Kier molecular flexibility index (Phi) is 4.17. The van der Waals surface area contributed by atoms with Crippen LogP contribution in [0, 0.1) is 6.92 Å². The monoisotopic (exact) mass is 222 g/mol. The lowest BCUT2D eigenvalue weighted by molar-refractivity contribution is 1.21. The van der Waals surface area contributed by atoms with Crippen molar-refractivity contribution in [3.63, 3.8) is 0 Å². The van der Waals surface area contributed by atoms with Gasteiger partial charge in [0.05, 0.1) is 0 Å². The Hall–Kier alpha value is -1.49. The van der Waals surface area contributed by atoms with E-state index in [1.165, 1.54) is 11.5 Å². The molecular formula is C10H14N4S. The van der Waals surface area contributed by atoms with Gasteiger partial charge in [-0.1, -0.05) is 19.9 Å². The lowest BCUT2D eigenvalue weighted by Crippen LogP contribution is -1.87. The summed E-state index contributed by atoms with van der Waals surface area (Å²) in [5.41, 5.74) is 7.34. The molecule has 0 saturated heterocycles. The van der Waals surface area contributed by atoms with Crippen molar-refractivity contribution in [2.45, 2.75) is 20.8 Å². The predicted molar refractivity (Wildman–Crippen MR) is 63.6 cm³/mol. The fourth-order valence-corrected chi connectivity index (χ4v) is 1.38. The zero-order valence-electron chi connectivity index (χ0n) is 9.06. The molecule has 0 atom stereocenters. The SMILES string of the molecule is CC.Cc1ccc(-c2nsc(N)n2)nc1. The predicted octanol–water partition coefficient (Wildman–Crippen LogP) is 2.52. The molecule has 15 heavy (non-hydrogen) atoms. The van der Waals surface area contributed by atoms with Gasteiger partial charge in [-0.25, -0.2) is 0 Å². The molecule has 2 aromatic heterocycles. The van der Waals surface area contributed by atoms with Gasteiger partial charge in [0, 0.05) is 17.7 Å². The number of nitrogens with zero attached hydrogens (tertiary/aromatic N) is 3. The van der Waals surface area contributed by atoms with Crippen molar-refractivity contribution in [1.29, 1.82) is 0 Å². The van der Waals surface area contributed by atoms with Crippen LogP contribution in [0.4, 0.5) is 5.13 Å². The Bertz CT molecular complexity index is 408. The lowest BCUT2D eigenvalue weighted by atomic mass is 10.3. The Labute approximate surface area is 93.4 Å². The van der Waals surface area contributed by atoms with Gasteiger partial charge < -0.3 is 5.73 Å². The molecule has 2 N–H and O–H groups in total. The quantitative estimate of drug-likeness (QED) is 0.805. The van der Waals surface area contributed by atoms with Gasteiger partial charge in [0.15, 0.2) is 11.0 Å². The highest BCUT2D eigenvalue weighted by atomic mass is 32.1. The number of aryl methyl sites for hydroxylation is 1. The first-order valence-electron chi connectivity index (χ1n) is 4.78. The lowest BCUT2D eigenvalue weighted by Gasteiger charge is -1.93. The minimum Gasteiger partial charge on any atom is -0.374 e. The molecule has 2 rings (SSSR count). The Morgan fingerprint density at radius 2 is 2.00 bits per heavy atom. The maximum absolute atomic E-state index is 5.46. The van der Waals surface area contributed by atoms with Crippen LogP contribution in [-0.2, 0) is 0 Å². The Morgan fingerprint density at radius 1 is 1.27 bits per heavy atom. The summed E-state index contributed by atoms with van der Waals surface area (Å²) in [5, 5.41) is 0.470. The van der Waals surface area contributed by atoms with E-state index in [9.17, 15) is 0 Å². The van der Waals surface area contributed by atoms with E-state index in [0.29, 0.717) is 11.0 Å². The number of nitrogens with two attached hydrogens (primary N) is 1. The zero-order valence-corrected chi connectivity index (χ0v) is 9.88. The number of nitrogen functional groups attached to an aromatic ring is 1. The minimum absolute atomic E-state index is 0.470. The molecule has 0 aliphatic carbocycles. The minimum atomic E-state index is 0.470. The van der Waals surface area contributed by atoms with Crippen LogP contribution in [0.5, 0.6) is 0 Å². The topological polar surface area (TPSA) is 64.7 Å². The van der Waals surface area contributed by atoms with Crippen LogP contribution < -0.4 is 5.73 Å². The molecule has 4 nitrogen and oxygen atoms in total. The third-order valence-electron chi connectivity index (χ3n) is 1.58. The van der Waals surface area contributed by atoms with Crippen molar-refractivity contribution in [1.82, 2.24) is 14.3 Å². The van der Waals surface area contributed by atoms with Crippen LogP contribution in [0.25, 0.3) is 11.5 Å². The largest absolute Gasteiger partial charge is 0.374 e. The molecule has 0 fully saturated rings. The number of hydrogen-bond acceptors (Lipinski definition) is 5. The molecule has 0 amide bonds. The first kappa shape index (κ1) is 11.6. The van der Waals surface area contributed by atoms with E-state index in [1.807, 2.05) is 32.9 Å². The summed E-state index contributed by atoms with van der Waals surface area (Å²) in [4.78, 5) is 8.22. The molecule has 0 bridgehead atoms. The van der Waals surface area contributed by atoms with Gasteiger partial charge >= 0.3 is 0 Å². The van der Waals surface area contributed by atoms with Gasteiger partial charge in [0.2, 0.25) is 0 Å². The summed E-state index contributed by atoms with van der Waals surface area (Å²) in [6.07, 6.45) is 1.78. The van der Waals surface area contributed by atoms with Crippen LogP contribution in [0.3, 0.4) is 0 Å². The highest BCUT2D eigenvalue weighted by Crippen LogP contribution is 2.16. The summed E-state index contributed by atoms with van der Waals surface area (Å²) in [5.74, 6) is 0.600. The molecule has 80 valence electrons. The summed E-state index contributed by atoms with van der Waals surface area (Å²) in [6, 6.07) is 3.86. The zero-order chi connectivity index (χ0) is 11.3. The Balaban J connectivity index is 0.000000531. The Morgan fingerprint density at radius 3 is 2.47 bits per heavy atom. The summed E-state index contributed by atoms with van der Waals surface area (Å²) in [6.45, 7) is 5.99. The third kappa shape index (κ3) is 2.99. The van der Waals surface area contributed by atoms with Gasteiger partial charge in [0.25, 0.3) is 0 Å². The van der Waals surface area contributed by atoms with Crippen LogP contribution >= 0.6 is 11.5 Å². The van der Waals surface area contributed by atoms with E-state index in [0.717, 1.165) is 11.3 Å². The first-order chi connectivity index (χ1) is 7.25. The first-order valence-corrected chi connectivity index (χ1v) is 5.55. The highest BCUT2D eigenvalue weighted by molar-refractivity contribution is 7.09. The van der Waals surface area contributed by atoms with E-state index in [2.05, 4.69) is 14.3 Å². The highest BCUT2D eigenvalue weighted by Gasteiger charge is 2.04. The average molecular weight is 222 g/mol. The molecule has 0 radical (unpaired) electrons. The summed E-state index contributed by atoms with van der Waals surface area (Å²) in [7, 11) is 0. The van der Waals surface area contributed by atoms with Crippen LogP contribution in [0.15, 0.2) is 18.3 Å². The molecular weight excluding hydrogens is 208 g/mol. The molecule has 2 aromatic rings. The second-order valence-electron chi connectivity index (χ2n) is 2.68. The second kappa shape index (κ2) is 5.41. The number of pyridine rings is 1. The van der Waals surface area contributed by atoms with Crippen LogP contribution in [0.2, 0.25) is 0 Å². The standard InChI is InChI=1S/C8H8N4S.C2H6/c1-5-2-3-6(10-4-5)7-11-8(9)13-12-7;1-2/h2-4H,1H3,(H2,9,11,12);1-2H3. The van der Waals surface area contributed by atoms with Gasteiger partial charge in [-0.2, -0.15) is 9.36 Å². The normalized spacial score (nSPS) is 9.27. The van der Waals surface area contributed by atoms with Crippen molar-refractivity contribution < 1.29 is 0 Å². The molecule has 0 aromatic carbocycles. The van der Waals surface area contributed by atoms with Crippen LogP contribution in [0.1, 0.15) is 19.4 Å². The van der Waals surface area contributed by atoms with Crippen molar-refractivity contribution >= 4 is 16.7 Å². The van der Waals surface area contributed by atoms with Gasteiger partial charge in [0.1, 0.15) is 5.69 Å². The fraction of sp³-hybridized carbons (Fsp3) is 0.300.